The number of carboxylic acids is 1. The van der Waals surface area contributed by atoms with Gasteiger partial charge < -0.3 is 49.0 Å². The molecule has 0 radical (unpaired) electrons. The van der Waals surface area contributed by atoms with E-state index in [4.69, 9.17) is 22.9 Å². The molecule has 1 aromatic carbocycles. The van der Waals surface area contributed by atoms with Crippen molar-refractivity contribution < 1.29 is 38.7 Å². The van der Waals surface area contributed by atoms with E-state index in [2.05, 4.69) is 20.9 Å². The Bertz CT molecular complexity index is 1290. The summed E-state index contributed by atoms with van der Waals surface area (Å²) in [7, 11) is 0. The summed E-state index contributed by atoms with van der Waals surface area (Å²) in [5.41, 5.74) is 22.4. The van der Waals surface area contributed by atoms with Crippen LogP contribution >= 0.6 is 0 Å². The van der Waals surface area contributed by atoms with Gasteiger partial charge in [0.2, 0.25) is 35.4 Å². The maximum Gasteiger partial charge on any atom is 0.326 e. The number of rotatable bonds is 16. The molecule has 0 bridgehead atoms. The summed E-state index contributed by atoms with van der Waals surface area (Å²) in [5, 5.41) is 17.0. The molecule has 0 aliphatic heterocycles. The maximum absolute atomic E-state index is 13.2. The fourth-order valence-corrected chi connectivity index (χ4v) is 3.79. The van der Waals surface area contributed by atoms with Gasteiger partial charge in [0, 0.05) is 29.9 Å². The van der Waals surface area contributed by atoms with Crippen LogP contribution in [-0.4, -0.2) is 75.7 Å². The lowest BCUT2D eigenvalue weighted by Crippen LogP contribution is -2.58. The van der Waals surface area contributed by atoms with Gasteiger partial charge in [-0.3, -0.25) is 28.8 Å². The van der Waals surface area contributed by atoms with Gasteiger partial charge in [0.15, 0.2) is 0 Å². The molecule has 4 unspecified atom stereocenters. The van der Waals surface area contributed by atoms with Crippen molar-refractivity contribution in [3.05, 3.63) is 36.0 Å². The van der Waals surface area contributed by atoms with Crippen LogP contribution in [0, 0.1) is 0 Å². The van der Waals surface area contributed by atoms with Gasteiger partial charge in [0.1, 0.15) is 18.1 Å². The zero-order valence-corrected chi connectivity index (χ0v) is 21.3. The Morgan fingerprint density at radius 3 is 1.93 bits per heavy atom. The van der Waals surface area contributed by atoms with Gasteiger partial charge in [0.25, 0.3) is 0 Å². The first-order valence-electron chi connectivity index (χ1n) is 12.1. The first-order chi connectivity index (χ1) is 18.8. The Morgan fingerprint density at radius 2 is 1.32 bits per heavy atom. The molecule has 40 heavy (non-hydrogen) atoms. The van der Waals surface area contributed by atoms with Crippen LogP contribution < -0.4 is 38.9 Å². The molecule has 2 rings (SSSR count). The normalized spacial score (nSPS) is 13.8. The van der Waals surface area contributed by atoms with E-state index in [1.807, 2.05) is 0 Å². The Labute approximate surface area is 227 Å². The number of nitrogens with one attached hydrogen (secondary N) is 4. The summed E-state index contributed by atoms with van der Waals surface area (Å²) in [5.74, 6) is -7.04. The molecule has 0 spiro atoms. The lowest BCUT2D eigenvalue weighted by molar-refractivity contribution is -0.143. The third kappa shape index (κ3) is 9.39. The zero-order chi connectivity index (χ0) is 30.0. The molecule has 6 amide bonds. The predicted molar refractivity (Wildman–Crippen MR) is 139 cm³/mol. The first kappa shape index (κ1) is 31.2. The van der Waals surface area contributed by atoms with Gasteiger partial charge in [-0.25, -0.2) is 4.79 Å². The molecule has 0 aliphatic carbocycles. The molecule has 16 heteroatoms. The van der Waals surface area contributed by atoms with E-state index in [0.717, 1.165) is 5.52 Å². The average Bonchev–Trinajstić information content (AvgIpc) is 3.28. The number of aliphatic carboxylic acids is 1. The summed E-state index contributed by atoms with van der Waals surface area (Å²) in [6.45, 7) is 0. The minimum absolute atomic E-state index is 0.131. The van der Waals surface area contributed by atoms with E-state index in [1.54, 1.807) is 30.5 Å². The van der Waals surface area contributed by atoms with Gasteiger partial charge in [0.05, 0.1) is 18.9 Å². The number of benzene rings is 1. The summed E-state index contributed by atoms with van der Waals surface area (Å²) < 4.78 is 0. The smallest absolute Gasteiger partial charge is 0.326 e. The maximum atomic E-state index is 13.2. The number of fused-ring (bicyclic) bond motifs is 1. The number of amides is 6. The number of H-pyrrole nitrogens is 1. The molecule has 0 saturated heterocycles. The Kier molecular flexibility index (Phi) is 11.1. The van der Waals surface area contributed by atoms with E-state index in [9.17, 15) is 38.7 Å². The quantitative estimate of drug-likeness (QED) is 0.0986. The predicted octanol–water partition coefficient (Wildman–Crippen LogP) is -3.41. The van der Waals surface area contributed by atoms with Crippen molar-refractivity contribution >= 4 is 52.3 Å². The van der Waals surface area contributed by atoms with Gasteiger partial charge in [-0.1, -0.05) is 18.2 Å². The van der Waals surface area contributed by atoms with Gasteiger partial charge >= 0.3 is 5.97 Å². The second-order valence-electron chi connectivity index (χ2n) is 9.04. The largest absolute Gasteiger partial charge is 0.480 e. The molecule has 1 heterocycles. The highest BCUT2D eigenvalue weighted by molar-refractivity contribution is 5.97. The molecule has 4 atom stereocenters. The Morgan fingerprint density at radius 1 is 0.775 bits per heavy atom. The van der Waals surface area contributed by atoms with Crippen LogP contribution in [0.3, 0.4) is 0 Å². The number of hydrogen-bond acceptors (Lipinski definition) is 8. The average molecular weight is 561 g/mol. The number of para-hydroxylation sites is 1. The van der Waals surface area contributed by atoms with Crippen molar-refractivity contribution in [3.8, 4) is 0 Å². The fourth-order valence-electron chi connectivity index (χ4n) is 3.79. The fraction of sp³-hybridized carbons (Fsp3) is 0.375. The number of carbonyl (C=O) groups excluding carboxylic acids is 6. The van der Waals surface area contributed by atoms with Crippen molar-refractivity contribution in [2.45, 2.75) is 56.3 Å². The molecule has 13 N–H and O–H groups in total. The highest BCUT2D eigenvalue weighted by Gasteiger charge is 2.32. The summed E-state index contributed by atoms with van der Waals surface area (Å²) in [6.07, 6.45) is -0.271. The van der Waals surface area contributed by atoms with Crippen molar-refractivity contribution in [3.63, 3.8) is 0 Å². The van der Waals surface area contributed by atoms with Crippen LogP contribution in [0.1, 0.15) is 31.2 Å². The number of aromatic amines is 1. The molecule has 0 aliphatic rings. The Balaban J connectivity index is 2.31. The second kappa shape index (κ2) is 14.2. The van der Waals surface area contributed by atoms with Crippen molar-refractivity contribution in [2.75, 3.05) is 0 Å². The van der Waals surface area contributed by atoms with Crippen LogP contribution in [0.5, 0.6) is 0 Å². The zero-order valence-electron chi connectivity index (χ0n) is 21.3. The molecular weight excluding hydrogens is 528 g/mol. The number of primary amides is 3. The van der Waals surface area contributed by atoms with Crippen LogP contribution in [0.15, 0.2) is 30.5 Å². The van der Waals surface area contributed by atoms with Gasteiger partial charge in [-0.05, 0) is 18.1 Å². The molecule has 1 aromatic heterocycles. The van der Waals surface area contributed by atoms with E-state index in [1.165, 1.54) is 0 Å². The molecule has 16 nitrogen and oxygen atoms in total. The molecule has 216 valence electrons. The number of hydrogen-bond donors (Lipinski definition) is 9. The van der Waals surface area contributed by atoms with E-state index in [-0.39, 0.29) is 19.3 Å². The number of aromatic nitrogens is 1. The van der Waals surface area contributed by atoms with Gasteiger partial charge in [-0.15, -0.1) is 0 Å². The number of carbonyl (C=O) groups is 7. The van der Waals surface area contributed by atoms with Crippen LogP contribution in [0.25, 0.3) is 10.9 Å². The van der Waals surface area contributed by atoms with Crippen LogP contribution in [0.4, 0.5) is 0 Å². The number of nitrogens with two attached hydrogens (primary N) is 4. The molecule has 0 fully saturated rings. The monoisotopic (exact) mass is 560 g/mol. The first-order valence-corrected chi connectivity index (χ1v) is 12.1. The van der Waals surface area contributed by atoms with E-state index in [0.29, 0.717) is 10.9 Å². The van der Waals surface area contributed by atoms with Crippen molar-refractivity contribution in [1.29, 1.82) is 0 Å². The standard InChI is InChI=1S/C24H32N8O8/c25-13(5-6-18(26)33)21(36)30-16(8-19(27)34)23(38)31-15(22(37)32-17(24(39)40)9-20(28)35)7-11-10-29-14-4-2-1-3-12(11)14/h1-4,10,13,15-17,29H,5-9,25H2,(H2,26,33)(H2,27,34)(H2,28,35)(H,30,36)(H,31,38)(H,32,37)(H,39,40). The highest BCUT2D eigenvalue weighted by atomic mass is 16.4. The third-order valence-electron chi connectivity index (χ3n) is 5.83. The van der Waals surface area contributed by atoms with Crippen molar-refractivity contribution in [1.82, 2.24) is 20.9 Å². The lowest BCUT2D eigenvalue weighted by Gasteiger charge is -2.24. The lowest BCUT2D eigenvalue weighted by atomic mass is 10.0. The minimum Gasteiger partial charge on any atom is -0.480 e. The van der Waals surface area contributed by atoms with E-state index >= 15 is 0 Å². The number of carboxylic acid groups (broad SMARTS) is 1. The SMILES string of the molecule is NC(=O)CCC(N)C(=O)NC(CC(N)=O)C(=O)NC(Cc1c[nH]c2ccccc12)C(=O)NC(CC(N)=O)C(=O)O. The summed E-state index contributed by atoms with van der Waals surface area (Å²) >= 11 is 0. The topological polar surface area (TPSA) is 296 Å². The minimum atomic E-state index is -1.68. The van der Waals surface area contributed by atoms with Crippen molar-refractivity contribution in [2.24, 2.45) is 22.9 Å². The van der Waals surface area contributed by atoms with Crippen LogP contribution in [-0.2, 0) is 40.0 Å². The molecule has 0 saturated carbocycles. The molecular formula is C24H32N8O8. The highest BCUT2D eigenvalue weighted by Crippen LogP contribution is 2.19. The van der Waals surface area contributed by atoms with E-state index < -0.39 is 78.4 Å². The Hall–Kier alpha value is -4.99. The third-order valence-corrected chi connectivity index (χ3v) is 5.83. The van der Waals surface area contributed by atoms with Gasteiger partial charge in [-0.2, -0.15) is 0 Å². The summed E-state index contributed by atoms with van der Waals surface area (Å²) in [6, 6.07) is 1.14. The van der Waals surface area contributed by atoms with Crippen LogP contribution in [0.2, 0.25) is 0 Å². The summed E-state index contributed by atoms with van der Waals surface area (Å²) in [4.78, 5) is 87.3. The molecule has 2 aromatic rings. The second-order valence-corrected chi connectivity index (χ2v) is 9.04.